The van der Waals surface area contributed by atoms with Crippen molar-refractivity contribution >= 4 is 11.7 Å². The van der Waals surface area contributed by atoms with Crippen molar-refractivity contribution in [2.24, 2.45) is 0 Å². The van der Waals surface area contributed by atoms with Crippen molar-refractivity contribution < 1.29 is 4.79 Å². The van der Waals surface area contributed by atoms with Crippen LogP contribution in [0.15, 0.2) is 12.4 Å². The number of Topliss-reactive ketones (excluding diaryl/α,β-unsaturated/α-hetero) is 1. The zero-order valence-electron chi connectivity index (χ0n) is 10.6. The number of hydrogen-bond donors (Lipinski definition) is 0. The maximum absolute atomic E-state index is 11.2. The van der Waals surface area contributed by atoms with Gasteiger partial charge in [-0.25, -0.2) is 9.97 Å². The first kappa shape index (κ1) is 11.6. The van der Waals surface area contributed by atoms with Crippen molar-refractivity contribution in [1.29, 1.82) is 0 Å². The smallest absolute Gasteiger partial charge is 0.225 e. The number of ketones is 1. The Kier molecular flexibility index (Phi) is 3.26. The van der Waals surface area contributed by atoms with Crippen LogP contribution in [-0.4, -0.2) is 28.8 Å². The Bertz CT molecular complexity index is 413. The molecule has 2 heterocycles. The predicted octanol–water partition coefficient (Wildman–Crippen LogP) is 2.30. The Morgan fingerprint density at radius 3 is 2.28 bits per heavy atom. The number of nitrogens with zero attached hydrogens (tertiary/aromatic N) is 3. The highest BCUT2D eigenvalue weighted by Crippen LogP contribution is 2.33. The van der Waals surface area contributed by atoms with E-state index in [0.717, 1.165) is 19.0 Å². The van der Waals surface area contributed by atoms with E-state index in [0.29, 0.717) is 24.5 Å². The fourth-order valence-corrected chi connectivity index (χ4v) is 2.92. The molecule has 1 saturated heterocycles. The number of rotatable bonds is 2. The lowest BCUT2D eigenvalue weighted by Crippen LogP contribution is -2.34. The molecular weight excluding hydrogens is 226 g/mol. The predicted molar refractivity (Wildman–Crippen MR) is 69.7 cm³/mol. The maximum atomic E-state index is 11.2. The minimum atomic E-state index is 0.355. The quantitative estimate of drug-likeness (QED) is 0.802. The second kappa shape index (κ2) is 5.04. The number of aromatic nitrogens is 2. The largest absolute Gasteiger partial charge is 0.340 e. The average Bonchev–Trinajstić information content (AvgIpc) is 2.94. The summed E-state index contributed by atoms with van der Waals surface area (Å²) in [6.45, 7) is 1.53. The van der Waals surface area contributed by atoms with Gasteiger partial charge in [-0.2, -0.15) is 0 Å². The summed E-state index contributed by atoms with van der Waals surface area (Å²) in [6.07, 6.45) is 10.5. The van der Waals surface area contributed by atoms with E-state index in [-0.39, 0.29) is 0 Å². The van der Waals surface area contributed by atoms with E-state index < -0.39 is 0 Å². The van der Waals surface area contributed by atoms with Crippen LogP contribution in [0.3, 0.4) is 0 Å². The molecule has 0 N–H and O–H groups in total. The molecule has 0 aromatic carbocycles. The third-order valence-corrected chi connectivity index (χ3v) is 4.09. The van der Waals surface area contributed by atoms with Crippen LogP contribution in [0.5, 0.6) is 0 Å². The summed E-state index contributed by atoms with van der Waals surface area (Å²) in [5.41, 5.74) is 1.28. The molecule has 1 saturated carbocycles. The summed E-state index contributed by atoms with van der Waals surface area (Å²) in [5, 5.41) is 0. The van der Waals surface area contributed by atoms with E-state index in [1.54, 1.807) is 0 Å². The van der Waals surface area contributed by atoms with Crippen LogP contribution in [-0.2, 0) is 4.79 Å². The minimum Gasteiger partial charge on any atom is -0.340 e. The molecule has 3 rings (SSSR count). The summed E-state index contributed by atoms with van der Waals surface area (Å²) < 4.78 is 0. The zero-order valence-corrected chi connectivity index (χ0v) is 10.6. The molecule has 18 heavy (non-hydrogen) atoms. The summed E-state index contributed by atoms with van der Waals surface area (Å²) in [4.78, 5) is 22.3. The molecule has 0 unspecified atom stereocenters. The Morgan fingerprint density at radius 1 is 1.06 bits per heavy atom. The van der Waals surface area contributed by atoms with Crippen molar-refractivity contribution in [3.63, 3.8) is 0 Å². The molecule has 2 fully saturated rings. The zero-order chi connectivity index (χ0) is 12.4. The lowest BCUT2D eigenvalue weighted by atomic mass is 10.0. The fourth-order valence-electron chi connectivity index (χ4n) is 2.92. The summed E-state index contributed by atoms with van der Waals surface area (Å²) in [7, 11) is 0. The van der Waals surface area contributed by atoms with Gasteiger partial charge in [-0.1, -0.05) is 12.8 Å². The van der Waals surface area contributed by atoms with Crippen LogP contribution in [0.25, 0.3) is 0 Å². The van der Waals surface area contributed by atoms with Gasteiger partial charge in [-0.3, -0.25) is 4.79 Å². The number of anilines is 1. The van der Waals surface area contributed by atoms with E-state index in [9.17, 15) is 4.79 Å². The van der Waals surface area contributed by atoms with E-state index in [2.05, 4.69) is 14.9 Å². The number of carbonyl (C=O) groups excluding carboxylic acids is 1. The van der Waals surface area contributed by atoms with Gasteiger partial charge in [-0.05, 0) is 24.3 Å². The molecule has 4 heteroatoms. The van der Waals surface area contributed by atoms with Gasteiger partial charge < -0.3 is 4.90 Å². The van der Waals surface area contributed by atoms with Gasteiger partial charge in [0.2, 0.25) is 5.95 Å². The van der Waals surface area contributed by atoms with Gasteiger partial charge in [0.25, 0.3) is 0 Å². The van der Waals surface area contributed by atoms with E-state index in [4.69, 9.17) is 0 Å². The van der Waals surface area contributed by atoms with Gasteiger partial charge >= 0.3 is 0 Å². The van der Waals surface area contributed by atoms with Crippen molar-refractivity contribution in [3.8, 4) is 0 Å². The SMILES string of the molecule is O=C1CCN(c2ncc(C3CCCC3)cn2)CC1. The number of hydrogen-bond acceptors (Lipinski definition) is 4. The molecule has 1 aliphatic heterocycles. The second-order valence-electron chi connectivity index (χ2n) is 5.32. The normalized spacial score (nSPS) is 21.6. The molecule has 0 bridgehead atoms. The second-order valence-corrected chi connectivity index (χ2v) is 5.32. The van der Waals surface area contributed by atoms with Crippen molar-refractivity contribution in [3.05, 3.63) is 18.0 Å². The molecule has 96 valence electrons. The summed E-state index contributed by atoms with van der Waals surface area (Å²) in [6, 6.07) is 0. The molecule has 2 aliphatic rings. The van der Waals surface area contributed by atoms with E-state index in [1.165, 1.54) is 31.2 Å². The molecule has 1 aromatic rings. The molecule has 0 radical (unpaired) electrons. The summed E-state index contributed by atoms with van der Waals surface area (Å²) in [5.74, 6) is 1.81. The lowest BCUT2D eigenvalue weighted by Gasteiger charge is -2.26. The maximum Gasteiger partial charge on any atom is 0.225 e. The van der Waals surface area contributed by atoms with Crippen LogP contribution >= 0.6 is 0 Å². The van der Waals surface area contributed by atoms with Crippen molar-refractivity contribution in [2.75, 3.05) is 18.0 Å². The van der Waals surface area contributed by atoms with Crippen molar-refractivity contribution in [2.45, 2.75) is 44.4 Å². The molecular formula is C14H19N3O. The third kappa shape index (κ3) is 2.37. The lowest BCUT2D eigenvalue weighted by molar-refractivity contribution is -0.119. The Labute approximate surface area is 107 Å². The highest BCUT2D eigenvalue weighted by atomic mass is 16.1. The number of carbonyl (C=O) groups is 1. The third-order valence-electron chi connectivity index (χ3n) is 4.09. The highest BCUT2D eigenvalue weighted by Gasteiger charge is 2.20. The molecule has 0 amide bonds. The van der Waals surface area contributed by atoms with Crippen LogP contribution < -0.4 is 4.90 Å². The van der Waals surface area contributed by atoms with Crippen LogP contribution in [0.2, 0.25) is 0 Å². The first-order valence-electron chi connectivity index (χ1n) is 6.91. The Hall–Kier alpha value is -1.45. The standard InChI is InChI=1S/C14H19N3O/c18-13-5-7-17(8-6-13)14-15-9-12(10-16-14)11-3-1-2-4-11/h9-11H,1-8H2. The number of piperidine rings is 1. The van der Waals surface area contributed by atoms with Gasteiger partial charge in [0.1, 0.15) is 5.78 Å². The Morgan fingerprint density at radius 2 is 1.67 bits per heavy atom. The topological polar surface area (TPSA) is 46.1 Å². The molecule has 4 nitrogen and oxygen atoms in total. The minimum absolute atomic E-state index is 0.355. The monoisotopic (exact) mass is 245 g/mol. The molecule has 1 aliphatic carbocycles. The van der Waals surface area contributed by atoms with E-state index in [1.807, 2.05) is 12.4 Å². The van der Waals surface area contributed by atoms with E-state index >= 15 is 0 Å². The molecule has 1 aromatic heterocycles. The van der Waals surface area contributed by atoms with Crippen LogP contribution in [0.4, 0.5) is 5.95 Å². The van der Waals surface area contributed by atoms with Gasteiger partial charge in [0, 0.05) is 38.3 Å². The summed E-state index contributed by atoms with van der Waals surface area (Å²) >= 11 is 0. The fraction of sp³-hybridized carbons (Fsp3) is 0.643. The van der Waals surface area contributed by atoms with Crippen LogP contribution in [0, 0.1) is 0 Å². The average molecular weight is 245 g/mol. The first-order chi connectivity index (χ1) is 8.83. The molecule has 0 spiro atoms. The van der Waals surface area contributed by atoms with Crippen LogP contribution in [0.1, 0.15) is 50.0 Å². The van der Waals surface area contributed by atoms with Crippen molar-refractivity contribution in [1.82, 2.24) is 9.97 Å². The van der Waals surface area contributed by atoms with Gasteiger partial charge in [0.05, 0.1) is 0 Å². The Balaban J connectivity index is 1.68. The van der Waals surface area contributed by atoms with Gasteiger partial charge in [0.15, 0.2) is 0 Å². The molecule has 0 atom stereocenters. The first-order valence-corrected chi connectivity index (χ1v) is 6.91. The van der Waals surface area contributed by atoms with Gasteiger partial charge in [-0.15, -0.1) is 0 Å². The highest BCUT2D eigenvalue weighted by molar-refractivity contribution is 5.80.